The molecule has 0 spiro atoms. The normalized spacial score (nSPS) is 10.4. The summed E-state index contributed by atoms with van der Waals surface area (Å²) in [5, 5.41) is 11.2. The number of nitrogen functional groups attached to an aromatic ring is 1. The number of hydrogen-bond donors (Lipinski definition) is 1. The molecule has 0 fully saturated rings. The van der Waals surface area contributed by atoms with Crippen molar-refractivity contribution in [3.8, 4) is 11.6 Å². The van der Waals surface area contributed by atoms with Gasteiger partial charge in [0.1, 0.15) is 11.6 Å². The van der Waals surface area contributed by atoms with Crippen LogP contribution in [0.25, 0.3) is 0 Å². The lowest BCUT2D eigenvalue weighted by Crippen LogP contribution is -2.03. The van der Waals surface area contributed by atoms with Crippen LogP contribution in [0.5, 0.6) is 11.6 Å². The average molecular weight is 288 g/mol. The summed E-state index contributed by atoms with van der Waals surface area (Å²) in [6.45, 7) is 5.31. The fourth-order valence-electron chi connectivity index (χ4n) is 1.84. The van der Waals surface area contributed by atoms with Crippen LogP contribution in [0.3, 0.4) is 0 Å². The van der Waals surface area contributed by atoms with E-state index in [1.165, 1.54) is 6.07 Å². The number of ether oxygens (including phenoxy) is 1. The molecule has 1 heterocycles. The summed E-state index contributed by atoms with van der Waals surface area (Å²) >= 11 is 0. The van der Waals surface area contributed by atoms with Crippen molar-refractivity contribution in [2.45, 2.75) is 27.2 Å². The van der Waals surface area contributed by atoms with Crippen molar-refractivity contribution in [1.29, 1.82) is 0 Å². The molecule has 21 heavy (non-hydrogen) atoms. The number of aromatic nitrogens is 2. The number of rotatable bonds is 4. The topological polar surface area (TPSA) is 104 Å². The van der Waals surface area contributed by atoms with Crippen LogP contribution in [-0.2, 0) is 6.42 Å². The Morgan fingerprint density at radius 1 is 1.33 bits per heavy atom. The average Bonchev–Trinajstić information content (AvgIpc) is 2.44. The second-order valence-electron chi connectivity index (χ2n) is 4.60. The molecule has 2 rings (SSSR count). The van der Waals surface area contributed by atoms with Gasteiger partial charge in [-0.2, -0.15) is 4.98 Å². The lowest BCUT2D eigenvalue weighted by molar-refractivity contribution is -0.385. The van der Waals surface area contributed by atoms with Crippen LogP contribution in [0.15, 0.2) is 18.2 Å². The first kappa shape index (κ1) is 14.7. The molecule has 0 aliphatic carbocycles. The van der Waals surface area contributed by atoms with Gasteiger partial charge >= 0.3 is 5.69 Å². The first-order valence-electron chi connectivity index (χ1n) is 6.48. The summed E-state index contributed by atoms with van der Waals surface area (Å²) in [4.78, 5) is 18.8. The highest BCUT2D eigenvalue weighted by atomic mass is 16.6. The zero-order valence-corrected chi connectivity index (χ0v) is 12.1. The fourth-order valence-corrected chi connectivity index (χ4v) is 1.84. The molecule has 0 amide bonds. The van der Waals surface area contributed by atoms with Crippen molar-refractivity contribution in [3.05, 3.63) is 45.3 Å². The Balaban J connectivity index is 2.47. The van der Waals surface area contributed by atoms with E-state index < -0.39 is 4.92 Å². The molecule has 0 aliphatic heterocycles. The lowest BCUT2D eigenvalue weighted by atomic mass is 10.1. The SMILES string of the molecule is CCc1ccc(Oc2nc(C)nc(N)c2C)c([N+](=O)[O-])c1. The van der Waals surface area contributed by atoms with Gasteiger partial charge in [-0.15, -0.1) is 0 Å². The fraction of sp³-hybridized carbons (Fsp3) is 0.286. The molecule has 0 aliphatic rings. The minimum absolute atomic E-state index is 0.0939. The van der Waals surface area contributed by atoms with E-state index in [1.807, 2.05) is 6.92 Å². The number of nitrogens with zero attached hydrogens (tertiary/aromatic N) is 3. The van der Waals surface area contributed by atoms with Crippen LogP contribution in [-0.4, -0.2) is 14.9 Å². The van der Waals surface area contributed by atoms with Gasteiger partial charge in [0, 0.05) is 6.07 Å². The maximum Gasteiger partial charge on any atom is 0.311 e. The van der Waals surface area contributed by atoms with Crippen LogP contribution in [0.4, 0.5) is 11.5 Å². The number of aryl methyl sites for hydroxylation is 2. The number of benzene rings is 1. The van der Waals surface area contributed by atoms with Gasteiger partial charge in [0.2, 0.25) is 11.6 Å². The lowest BCUT2D eigenvalue weighted by Gasteiger charge is -2.10. The van der Waals surface area contributed by atoms with E-state index >= 15 is 0 Å². The Kier molecular flexibility index (Phi) is 4.02. The molecule has 0 unspecified atom stereocenters. The standard InChI is InChI=1S/C14H16N4O3/c1-4-10-5-6-12(11(7-10)18(19)20)21-14-8(2)13(15)16-9(3)17-14/h5-7H,4H2,1-3H3,(H2,15,16,17). The molecule has 1 aromatic heterocycles. The summed E-state index contributed by atoms with van der Waals surface area (Å²) in [6.07, 6.45) is 0.708. The van der Waals surface area contributed by atoms with Crippen molar-refractivity contribution < 1.29 is 9.66 Å². The molecular formula is C14H16N4O3. The first-order valence-corrected chi connectivity index (χ1v) is 6.48. The maximum atomic E-state index is 11.2. The van der Waals surface area contributed by atoms with Crippen LogP contribution in [0.1, 0.15) is 23.9 Å². The number of nitrogens with two attached hydrogens (primary N) is 1. The molecule has 0 saturated heterocycles. The maximum absolute atomic E-state index is 11.2. The summed E-state index contributed by atoms with van der Waals surface area (Å²) in [7, 11) is 0. The third-order valence-corrected chi connectivity index (χ3v) is 3.09. The number of nitro groups is 1. The van der Waals surface area contributed by atoms with E-state index in [1.54, 1.807) is 26.0 Å². The highest BCUT2D eigenvalue weighted by molar-refractivity contribution is 5.52. The molecular weight excluding hydrogens is 272 g/mol. The zero-order valence-electron chi connectivity index (χ0n) is 12.1. The zero-order chi connectivity index (χ0) is 15.6. The molecule has 2 aromatic rings. The third-order valence-electron chi connectivity index (χ3n) is 3.09. The van der Waals surface area contributed by atoms with E-state index in [4.69, 9.17) is 10.5 Å². The van der Waals surface area contributed by atoms with Crippen molar-refractivity contribution in [2.24, 2.45) is 0 Å². The summed E-state index contributed by atoms with van der Waals surface area (Å²) < 4.78 is 5.59. The molecule has 0 radical (unpaired) electrons. The summed E-state index contributed by atoms with van der Waals surface area (Å²) in [5.41, 5.74) is 7.08. The van der Waals surface area contributed by atoms with Crippen molar-refractivity contribution in [2.75, 3.05) is 5.73 Å². The second kappa shape index (κ2) is 5.74. The number of hydrogen-bond acceptors (Lipinski definition) is 6. The minimum Gasteiger partial charge on any atom is -0.431 e. The van der Waals surface area contributed by atoms with Crippen molar-refractivity contribution >= 4 is 11.5 Å². The molecule has 0 saturated carbocycles. The van der Waals surface area contributed by atoms with E-state index in [-0.39, 0.29) is 17.3 Å². The van der Waals surface area contributed by atoms with Crippen LogP contribution >= 0.6 is 0 Å². The highest BCUT2D eigenvalue weighted by Crippen LogP contribution is 2.33. The second-order valence-corrected chi connectivity index (χ2v) is 4.60. The van der Waals surface area contributed by atoms with Crippen LogP contribution in [0, 0.1) is 24.0 Å². The Morgan fingerprint density at radius 3 is 2.67 bits per heavy atom. The third kappa shape index (κ3) is 3.07. The van der Waals surface area contributed by atoms with Gasteiger partial charge in [0.15, 0.2) is 0 Å². The molecule has 2 N–H and O–H groups in total. The number of anilines is 1. The van der Waals surface area contributed by atoms with E-state index in [0.29, 0.717) is 23.6 Å². The summed E-state index contributed by atoms with van der Waals surface area (Å²) in [6, 6.07) is 4.86. The Morgan fingerprint density at radius 2 is 2.05 bits per heavy atom. The molecule has 0 atom stereocenters. The molecule has 7 nitrogen and oxygen atoms in total. The predicted molar refractivity (Wildman–Crippen MR) is 78.5 cm³/mol. The smallest absolute Gasteiger partial charge is 0.311 e. The minimum atomic E-state index is -0.471. The highest BCUT2D eigenvalue weighted by Gasteiger charge is 2.18. The quantitative estimate of drug-likeness (QED) is 0.685. The van der Waals surface area contributed by atoms with Crippen LogP contribution < -0.4 is 10.5 Å². The van der Waals surface area contributed by atoms with Gasteiger partial charge in [0.25, 0.3) is 0 Å². The molecule has 110 valence electrons. The van der Waals surface area contributed by atoms with Crippen molar-refractivity contribution in [3.63, 3.8) is 0 Å². The Hall–Kier alpha value is -2.70. The Bertz CT molecular complexity index is 701. The van der Waals surface area contributed by atoms with E-state index in [9.17, 15) is 10.1 Å². The van der Waals surface area contributed by atoms with E-state index in [0.717, 1.165) is 5.56 Å². The van der Waals surface area contributed by atoms with Crippen molar-refractivity contribution in [1.82, 2.24) is 9.97 Å². The largest absolute Gasteiger partial charge is 0.431 e. The van der Waals surface area contributed by atoms with Gasteiger partial charge in [-0.05, 0) is 31.9 Å². The molecule has 1 aromatic carbocycles. The molecule has 0 bridgehead atoms. The monoisotopic (exact) mass is 288 g/mol. The predicted octanol–water partition coefficient (Wildman–Crippen LogP) is 2.94. The first-order chi connectivity index (χ1) is 9.92. The van der Waals surface area contributed by atoms with Crippen LogP contribution in [0.2, 0.25) is 0 Å². The van der Waals surface area contributed by atoms with Gasteiger partial charge < -0.3 is 10.5 Å². The van der Waals surface area contributed by atoms with Gasteiger partial charge in [0.05, 0.1) is 10.5 Å². The number of nitro benzene ring substituents is 1. The van der Waals surface area contributed by atoms with Gasteiger partial charge in [-0.1, -0.05) is 13.0 Å². The molecule has 7 heteroatoms. The summed E-state index contributed by atoms with van der Waals surface area (Å²) in [5.74, 6) is 1.11. The Labute approximate surface area is 121 Å². The van der Waals surface area contributed by atoms with Gasteiger partial charge in [-0.25, -0.2) is 4.98 Å². The van der Waals surface area contributed by atoms with E-state index in [2.05, 4.69) is 9.97 Å². The van der Waals surface area contributed by atoms with Gasteiger partial charge in [-0.3, -0.25) is 10.1 Å².